The van der Waals surface area contributed by atoms with E-state index in [9.17, 15) is 13.2 Å². The van der Waals surface area contributed by atoms with Crippen molar-refractivity contribution in [3.63, 3.8) is 0 Å². The summed E-state index contributed by atoms with van der Waals surface area (Å²) in [5.74, 6) is -0.0162. The number of hydrogen-bond acceptors (Lipinski definition) is 4. The number of aryl methyl sites for hydroxylation is 2. The number of amides is 1. The van der Waals surface area contributed by atoms with E-state index in [-0.39, 0.29) is 16.6 Å². The fraction of sp³-hybridized carbons (Fsp3) is 0.261. The first kappa shape index (κ1) is 20.4. The average Bonchev–Trinajstić information content (AvgIpc) is 3.14. The molecule has 0 fully saturated rings. The molecule has 0 atom stereocenters. The molecule has 1 aliphatic rings. The number of sulfonamides is 1. The van der Waals surface area contributed by atoms with Gasteiger partial charge in [-0.25, -0.2) is 12.7 Å². The van der Waals surface area contributed by atoms with Crippen LogP contribution in [0.5, 0.6) is 5.75 Å². The van der Waals surface area contributed by atoms with Gasteiger partial charge >= 0.3 is 0 Å². The van der Waals surface area contributed by atoms with E-state index in [1.54, 1.807) is 19.1 Å². The predicted molar refractivity (Wildman–Crippen MR) is 118 cm³/mol. The summed E-state index contributed by atoms with van der Waals surface area (Å²) in [5, 5.41) is 4.94. The van der Waals surface area contributed by atoms with Crippen LogP contribution < -0.4 is 10.1 Å². The Labute approximate surface area is 176 Å². The number of nitrogens with zero attached hydrogens (tertiary/aromatic N) is 1. The molecule has 0 spiro atoms. The van der Waals surface area contributed by atoms with Crippen LogP contribution in [0.1, 0.15) is 28.4 Å². The van der Waals surface area contributed by atoms with E-state index in [4.69, 9.17) is 4.74 Å². The lowest BCUT2D eigenvalue weighted by molar-refractivity contribution is 0.102. The fourth-order valence-corrected chi connectivity index (χ4v) is 4.95. The third-order valence-electron chi connectivity index (χ3n) is 5.38. The van der Waals surface area contributed by atoms with Gasteiger partial charge in [-0.1, -0.05) is 24.3 Å². The van der Waals surface area contributed by atoms with Crippen molar-refractivity contribution >= 4 is 32.4 Å². The van der Waals surface area contributed by atoms with Crippen LogP contribution in [0.25, 0.3) is 10.8 Å². The zero-order valence-corrected chi connectivity index (χ0v) is 18.0. The standard InChI is InChI=1S/C23H24N2O4S/c1-4-29-20-13-11-17(14-21(20)30(27,28)25(2)3)24-23(26)19-12-10-16-9-8-15-6-5-7-18(19)22(15)16/h5-7,10-14H,4,8-9H2,1-3H3,(H,24,26). The molecule has 0 radical (unpaired) electrons. The van der Waals surface area contributed by atoms with E-state index in [1.807, 2.05) is 24.3 Å². The number of anilines is 1. The summed E-state index contributed by atoms with van der Waals surface area (Å²) >= 11 is 0. The van der Waals surface area contributed by atoms with Crippen molar-refractivity contribution in [1.82, 2.24) is 4.31 Å². The van der Waals surface area contributed by atoms with Crippen molar-refractivity contribution < 1.29 is 17.9 Å². The molecule has 0 bridgehead atoms. The average molecular weight is 425 g/mol. The van der Waals surface area contributed by atoms with Gasteiger partial charge in [-0.05, 0) is 65.9 Å². The molecule has 156 valence electrons. The minimum atomic E-state index is -3.73. The van der Waals surface area contributed by atoms with Gasteiger partial charge in [-0.15, -0.1) is 0 Å². The molecule has 1 N–H and O–H groups in total. The van der Waals surface area contributed by atoms with Crippen LogP contribution in [0.2, 0.25) is 0 Å². The number of ether oxygens (including phenoxy) is 1. The molecule has 0 saturated heterocycles. The molecule has 1 amide bonds. The largest absolute Gasteiger partial charge is 0.492 e. The highest BCUT2D eigenvalue weighted by Crippen LogP contribution is 2.34. The van der Waals surface area contributed by atoms with Gasteiger partial charge in [0.05, 0.1) is 6.61 Å². The van der Waals surface area contributed by atoms with Gasteiger partial charge in [-0.2, -0.15) is 0 Å². The molecule has 0 unspecified atom stereocenters. The summed E-state index contributed by atoms with van der Waals surface area (Å²) < 4.78 is 32.1. The van der Waals surface area contributed by atoms with Gasteiger partial charge < -0.3 is 10.1 Å². The third kappa shape index (κ3) is 3.44. The number of carbonyl (C=O) groups excluding carboxylic acids is 1. The summed E-state index contributed by atoms with van der Waals surface area (Å²) in [5.41, 5.74) is 3.49. The molecule has 0 saturated carbocycles. The highest BCUT2D eigenvalue weighted by molar-refractivity contribution is 7.89. The number of carbonyl (C=O) groups is 1. The Balaban J connectivity index is 1.72. The lowest BCUT2D eigenvalue weighted by Gasteiger charge is -2.17. The molecular formula is C23H24N2O4S. The Hall–Kier alpha value is -2.90. The zero-order chi connectivity index (χ0) is 21.5. The van der Waals surface area contributed by atoms with Crippen LogP contribution in [0.4, 0.5) is 5.69 Å². The quantitative estimate of drug-likeness (QED) is 0.652. The zero-order valence-electron chi connectivity index (χ0n) is 17.2. The van der Waals surface area contributed by atoms with Crippen molar-refractivity contribution in [3.05, 3.63) is 65.2 Å². The topological polar surface area (TPSA) is 75.7 Å². The Morgan fingerprint density at radius 1 is 1.07 bits per heavy atom. The Kier molecular flexibility index (Phi) is 5.26. The van der Waals surface area contributed by atoms with Crippen molar-refractivity contribution in [1.29, 1.82) is 0 Å². The molecule has 4 rings (SSSR count). The normalized spacial score (nSPS) is 13.1. The monoisotopic (exact) mass is 424 g/mol. The van der Waals surface area contributed by atoms with E-state index in [0.717, 1.165) is 27.9 Å². The number of benzene rings is 3. The van der Waals surface area contributed by atoms with Gasteiger partial charge in [0.15, 0.2) is 0 Å². The first-order valence-electron chi connectivity index (χ1n) is 9.87. The Morgan fingerprint density at radius 2 is 1.80 bits per heavy atom. The number of nitrogens with one attached hydrogen (secondary N) is 1. The third-order valence-corrected chi connectivity index (χ3v) is 7.22. The SMILES string of the molecule is CCOc1ccc(NC(=O)c2ccc3c4c(cccc24)CC3)cc1S(=O)(=O)N(C)C. The molecule has 1 aliphatic carbocycles. The van der Waals surface area contributed by atoms with E-state index >= 15 is 0 Å². The first-order chi connectivity index (χ1) is 14.3. The first-order valence-corrected chi connectivity index (χ1v) is 11.3. The number of hydrogen-bond donors (Lipinski definition) is 1. The molecule has 6 nitrogen and oxygen atoms in total. The maximum absolute atomic E-state index is 13.1. The number of rotatable bonds is 6. The van der Waals surface area contributed by atoms with E-state index in [0.29, 0.717) is 17.9 Å². The van der Waals surface area contributed by atoms with E-state index < -0.39 is 10.0 Å². The summed E-state index contributed by atoms with van der Waals surface area (Å²) in [6.45, 7) is 2.12. The minimum absolute atomic E-state index is 0.0209. The molecule has 3 aromatic carbocycles. The van der Waals surface area contributed by atoms with Gasteiger partial charge in [0, 0.05) is 25.3 Å². The second kappa shape index (κ2) is 7.74. The lowest BCUT2D eigenvalue weighted by Crippen LogP contribution is -2.23. The van der Waals surface area contributed by atoms with Gasteiger partial charge in [0.2, 0.25) is 10.0 Å². The van der Waals surface area contributed by atoms with Crippen LogP contribution in [0.3, 0.4) is 0 Å². The minimum Gasteiger partial charge on any atom is -0.492 e. The predicted octanol–water partition coefficient (Wildman–Crippen LogP) is 3.84. The Morgan fingerprint density at radius 3 is 2.50 bits per heavy atom. The van der Waals surface area contributed by atoms with Crippen LogP contribution in [-0.4, -0.2) is 39.3 Å². The molecule has 3 aromatic rings. The highest BCUT2D eigenvalue weighted by atomic mass is 32.2. The van der Waals surface area contributed by atoms with E-state index in [2.05, 4.69) is 11.4 Å². The van der Waals surface area contributed by atoms with Crippen molar-refractivity contribution in [2.45, 2.75) is 24.7 Å². The molecule has 7 heteroatoms. The summed E-state index contributed by atoms with van der Waals surface area (Å²) in [6.07, 6.45) is 1.98. The smallest absolute Gasteiger partial charge is 0.256 e. The van der Waals surface area contributed by atoms with Crippen LogP contribution >= 0.6 is 0 Å². The van der Waals surface area contributed by atoms with Crippen LogP contribution in [0.15, 0.2) is 53.4 Å². The molecule has 30 heavy (non-hydrogen) atoms. The summed E-state index contributed by atoms with van der Waals surface area (Å²) in [7, 11) is -0.811. The van der Waals surface area contributed by atoms with Crippen molar-refractivity contribution in [2.75, 3.05) is 26.0 Å². The molecular weight excluding hydrogens is 400 g/mol. The van der Waals surface area contributed by atoms with E-state index in [1.165, 1.54) is 31.3 Å². The maximum Gasteiger partial charge on any atom is 0.256 e. The second-order valence-corrected chi connectivity index (χ2v) is 9.57. The fourth-order valence-electron chi connectivity index (χ4n) is 3.90. The van der Waals surface area contributed by atoms with Crippen molar-refractivity contribution in [2.24, 2.45) is 0 Å². The van der Waals surface area contributed by atoms with Crippen LogP contribution in [0, 0.1) is 0 Å². The highest BCUT2D eigenvalue weighted by Gasteiger charge is 2.24. The lowest BCUT2D eigenvalue weighted by atomic mass is 9.99. The maximum atomic E-state index is 13.1. The van der Waals surface area contributed by atoms with Crippen molar-refractivity contribution in [3.8, 4) is 5.75 Å². The summed E-state index contributed by atoms with van der Waals surface area (Å²) in [4.78, 5) is 13.1. The summed E-state index contributed by atoms with van der Waals surface area (Å²) in [6, 6.07) is 14.6. The Bertz CT molecular complexity index is 1240. The second-order valence-electron chi connectivity index (χ2n) is 7.45. The molecule has 0 heterocycles. The van der Waals surface area contributed by atoms with Gasteiger partial charge in [0.25, 0.3) is 5.91 Å². The molecule has 0 aliphatic heterocycles. The van der Waals surface area contributed by atoms with Gasteiger partial charge in [-0.3, -0.25) is 4.79 Å². The molecule has 0 aromatic heterocycles. The van der Waals surface area contributed by atoms with Gasteiger partial charge in [0.1, 0.15) is 10.6 Å². The van der Waals surface area contributed by atoms with Crippen LogP contribution in [-0.2, 0) is 22.9 Å².